The zero-order chi connectivity index (χ0) is 10.7. The number of aromatic nitrogens is 2. The number of carbonyl (C=O) groups excluding carboxylic acids is 1. The summed E-state index contributed by atoms with van der Waals surface area (Å²) in [6.45, 7) is 1.03. The molecule has 15 heavy (non-hydrogen) atoms. The molecule has 1 aliphatic rings. The first-order valence-electron chi connectivity index (χ1n) is 4.93. The number of nitrogens with one attached hydrogen (secondary N) is 1. The first-order valence-corrected chi connectivity index (χ1v) is 4.93. The quantitative estimate of drug-likeness (QED) is 0.717. The molecule has 1 aromatic rings. The predicted molar refractivity (Wildman–Crippen MR) is 50.4 cm³/mol. The normalized spacial score (nSPS) is 20.5. The van der Waals surface area contributed by atoms with E-state index in [2.05, 4.69) is 20.3 Å². The fourth-order valence-electron chi connectivity index (χ4n) is 1.65. The molecule has 2 heterocycles. The molecule has 0 spiro atoms. The van der Waals surface area contributed by atoms with Crippen LogP contribution in [0.5, 0.6) is 0 Å². The molecule has 0 radical (unpaired) electrons. The van der Waals surface area contributed by atoms with E-state index in [0.29, 0.717) is 18.4 Å². The van der Waals surface area contributed by atoms with Crippen LogP contribution in [0.25, 0.3) is 0 Å². The number of hydrogen-bond donors (Lipinski definition) is 1. The average Bonchev–Trinajstić information content (AvgIpc) is 2.88. The third kappa shape index (κ3) is 2.33. The maximum Gasteiger partial charge on any atom is 0.396 e. The summed E-state index contributed by atoms with van der Waals surface area (Å²) in [6, 6.07) is 0.385. The van der Waals surface area contributed by atoms with Gasteiger partial charge in [-0.05, 0) is 19.4 Å². The average molecular weight is 211 g/mol. The number of rotatable bonds is 3. The van der Waals surface area contributed by atoms with Crippen molar-refractivity contribution >= 4 is 5.97 Å². The lowest BCUT2D eigenvalue weighted by Gasteiger charge is -2.04. The molecule has 1 fully saturated rings. The summed E-state index contributed by atoms with van der Waals surface area (Å²) in [5.74, 6) is -0.187. The zero-order valence-electron chi connectivity index (χ0n) is 8.52. The van der Waals surface area contributed by atoms with Crippen LogP contribution in [-0.2, 0) is 11.2 Å². The molecular formula is C9H13N3O3. The molecule has 1 unspecified atom stereocenters. The molecule has 1 aliphatic heterocycles. The highest BCUT2D eigenvalue weighted by molar-refractivity contribution is 5.83. The van der Waals surface area contributed by atoms with Crippen molar-refractivity contribution in [2.45, 2.75) is 25.3 Å². The monoisotopic (exact) mass is 211 g/mol. The summed E-state index contributed by atoms with van der Waals surface area (Å²) in [5, 5.41) is 10.7. The van der Waals surface area contributed by atoms with Crippen LogP contribution >= 0.6 is 0 Å². The topological polar surface area (TPSA) is 77.2 Å². The van der Waals surface area contributed by atoms with E-state index in [1.165, 1.54) is 13.5 Å². The molecule has 1 saturated heterocycles. The minimum atomic E-state index is -0.590. The van der Waals surface area contributed by atoms with E-state index in [1.54, 1.807) is 0 Å². The van der Waals surface area contributed by atoms with Crippen molar-refractivity contribution in [3.63, 3.8) is 0 Å². The number of carbonyl (C=O) groups is 1. The zero-order valence-corrected chi connectivity index (χ0v) is 8.52. The lowest BCUT2D eigenvalue weighted by molar-refractivity contribution is 0.0553. The second-order valence-electron chi connectivity index (χ2n) is 3.49. The summed E-state index contributed by atoms with van der Waals surface area (Å²) in [4.78, 5) is 11.0. The smallest absolute Gasteiger partial charge is 0.396 e. The van der Waals surface area contributed by atoms with Crippen LogP contribution in [0.1, 0.15) is 29.4 Å². The van der Waals surface area contributed by atoms with Crippen molar-refractivity contribution < 1.29 is 13.9 Å². The SMILES string of the molecule is COC(=O)c1nnc(CC2CCCN2)o1. The van der Waals surface area contributed by atoms with Gasteiger partial charge in [-0.1, -0.05) is 0 Å². The molecule has 6 heteroatoms. The standard InChI is InChI=1S/C9H13N3O3/c1-14-9(13)8-12-11-7(15-8)5-6-3-2-4-10-6/h6,10H,2-5H2,1H3. The Kier molecular flexibility index (Phi) is 2.96. The van der Waals surface area contributed by atoms with Gasteiger partial charge in [-0.25, -0.2) is 4.79 Å². The van der Waals surface area contributed by atoms with Crippen molar-refractivity contribution in [2.75, 3.05) is 13.7 Å². The molecule has 0 amide bonds. The van der Waals surface area contributed by atoms with Crippen LogP contribution in [0, 0.1) is 0 Å². The maximum atomic E-state index is 11.0. The molecule has 6 nitrogen and oxygen atoms in total. The minimum Gasteiger partial charge on any atom is -0.462 e. The molecule has 1 aromatic heterocycles. The third-order valence-electron chi connectivity index (χ3n) is 2.41. The Balaban J connectivity index is 1.97. The molecule has 1 N–H and O–H groups in total. The van der Waals surface area contributed by atoms with Gasteiger partial charge in [-0.2, -0.15) is 0 Å². The van der Waals surface area contributed by atoms with Crippen molar-refractivity contribution in [3.05, 3.63) is 11.8 Å². The van der Waals surface area contributed by atoms with Gasteiger partial charge in [0, 0.05) is 12.5 Å². The van der Waals surface area contributed by atoms with Gasteiger partial charge < -0.3 is 14.5 Å². The van der Waals surface area contributed by atoms with E-state index in [9.17, 15) is 4.79 Å². The van der Waals surface area contributed by atoms with Crippen LogP contribution in [0.2, 0.25) is 0 Å². The van der Waals surface area contributed by atoms with Gasteiger partial charge in [0.05, 0.1) is 7.11 Å². The highest BCUT2D eigenvalue weighted by Crippen LogP contribution is 2.11. The number of methoxy groups -OCH3 is 1. The molecule has 0 saturated carbocycles. The number of esters is 1. The van der Waals surface area contributed by atoms with E-state index in [-0.39, 0.29) is 5.89 Å². The Labute approximate surface area is 87.0 Å². The molecule has 2 rings (SSSR count). The molecular weight excluding hydrogens is 198 g/mol. The van der Waals surface area contributed by atoms with Crippen LogP contribution in [-0.4, -0.2) is 35.9 Å². The summed E-state index contributed by atoms with van der Waals surface area (Å²) in [7, 11) is 1.28. The first-order chi connectivity index (χ1) is 7.29. The van der Waals surface area contributed by atoms with Gasteiger partial charge in [0.15, 0.2) is 0 Å². The van der Waals surface area contributed by atoms with Crippen LogP contribution < -0.4 is 5.32 Å². The molecule has 0 bridgehead atoms. The van der Waals surface area contributed by atoms with E-state index >= 15 is 0 Å². The van der Waals surface area contributed by atoms with Crippen molar-refractivity contribution in [1.29, 1.82) is 0 Å². The Bertz CT molecular complexity index is 344. The fraction of sp³-hybridized carbons (Fsp3) is 0.667. The van der Waals surface area contributed by atoms with Gasteiger partial charge in [-0.15, -0.1) is 10.2 Å². The number of nitrogens with zero attached hydrogens (tertiary/aromatic N) is 2. The lowest BCUT2D eigenvalue weighted by atomic mass is 10.2. The molecule has 0 aliphatic carbocycles. The summed E-state index contributed by atoms with van der Waals surface area (Å²) in [6.07, 6.45) is 2.95. The van der Waals surface area contributed by atoms with E-state index in [4.69, 9.17) is 4.42 Å². The Morgan fingerprint density at radius 1 is 1.67 bits per heavy atom. The minimum absolute atomic E-state index is 0.0782. The van der Waals surface area contributed by atoms with Gasteiger partial charge in [0.2, 0.25) is 5.89 Å². The first kappa shape index (κ1) is 10.1. The second kappa shape index (κ2) is 4.39. The van der Waals surface area contributed by atoms with Gasteiger partial charge in [0.1, 0.15) is 0 Å². The highest BCUT2D eigenvalue weighted by atomic mass is 16.5. The van der Waals surface area contributed by atoms with E-state index in [0.717, 1.165) is 13.0 Å². The third-order valence-corrected chi connectivity index (χ3v) is 2.41. The van der Waals surface area contributed by atoms with Crippen molar-refractivity contribution in [2.24, 2.45) is 0 Å². The van der Waals surface area contributed by atoms with E-state index in [1.807, 2.05) is 0 Å². The largest absolute Gasteiger partial charge is 0.462 e. The molecule has 82 valence electrons. The van der Waals surface area contributed by atoms with Gasteiger partial charge in [-0.3, -0.25) is 0 Å². The summed E-state index contributed by atoms with van der Waals surface area (Å²) in [5.41, 5.74) is 0. The lowest BCUT2D eigenvalue weighted by Crippen LogP contribution is -2.23. The molecule has 0 aromatic carbocycles. The molecule has 1 atom stereocenters. The van der Waals surface area contributed by atoms with Crippen molar-refractivity contribution in [3.8, 4) is 0 Å². The number of hydrogen-bond acceptors (Lipinski definition) is 6. The van der Waals surface area contributed by atoms with Gasteiger partial charge in [0.25, 0.3) is 0 Å². The Morgan fingerprint density at radius 3 is 3.20 bits per heavy atom. The summed E-state index contributed by atoms with van der Waals surface area (Å²) >= 11 is 0. The van der Waals surface area contributed by atoms with E-state index < -0.39 is 5.97 Å². The Hall–Kier alpha value is -1.43. The number of ether oxygens (including phenoxy) is 1. The van der Waals surface area contributed by atoms with Gasteiger partial charge >= 0.3 is 11.9 Å². The fourth-order valence-corrected chi connectivity index (χ4v) is 1.65. The van der Waals surface area contributed by atoms with Crippen LogP contribution in [0.3, 0.4) is 0 Å². The highest BCUT2D eigenvalue weighted by Gasteiger charge is 2.20. The Morgan fingerprint density at radius 2 is 2.53 bits per heavy atom. The predicted octanol–water partition coefficient (Wildman–Crippen LogP) is 0.151. The second-order valence-corrected chi connectivity index (χ2v) is 3.49. The summed E-state index contributed by atoms with van der Waals surface area (Å²) < 4.78 is 9.63. The van der Waals surface area contributed by atoms with Crippen LogP contribution in [0.15, 0.2) is 4.42 Å². The van der Waals surface area contributed by atoms with Crippen LogP contribution in [0.4, 0.5) is 0 Å². The van der Waals surface area contributed by atoms with Crippen molar-refractivity contribution in [1.82, 2.24) is 15.5 Å². The maximum absolute atomic E-state index is 11.0.